The third-order valence-electron chi connectivity index (χ3n) is 3.95. The van der Waals surface area contributed by atoms with Gasteiger partial charge in [-0.05, 0) is 42.5 Å². The van der Waals surface area contributed by atoms with Crippen molar-refractivity contribution in [1.82, 2.24) is 9.55 Å². The topological polar surface area (TPSA) is 84.2 Å². The van der Waals surface area contributed by atoms with E-state index in [9.17, 15) is 14.0 Å². The van der Waals surface area contributed by atoms with E-state index in [0.29, 0.717) is 0 Å². The molecule has 0 spiro atoms. The van der Waals surface area contributed by atoms with Gasteiger partial charge < -0.3 is 10.4 Å². The minimum absolute atomic E-state index is 0.0795. The molecule has 1 aliphatic carbocycles. The number of rotatable bonds is 4. The molecular formula is C16H16FN3O3. The molecule has 23 heavy (non-hydrogen) atoms. The Morgan fingerprint density at radius 1 is 1.48 bits per heavy atom. The zero-order valence-electron chi connectivity index (χ0n) is 12.3. The predicted octanol–water partition coefficient (Wildman–Crippen LogP) is 1.96. The molecule has 1 heterocycles. The summed E-state index contributed by atoms with van der Waals surface area (Å²) in [6, 6.07) is 4.46. The average molecular weight is 317 g/mol. The van der Waals surface area contributed by atoms with Crippen LogP contribution in [0, 0.1) is 5.82 Å². The number of fused-ring (bicyclic) bond motifs is 1. The van der Waals surface area contributed by atoms with E-state index < -0.39 is 18.1 Å². The quantitative estimate of drug-likeness (QED) is 0.900. The first-order valence-electron chi connectivity index (χ1n) is 7.36. The summed E-state index contributed by atoms with van der Waals surface area (Å²) in [7, 11) is 0. The number of hydrogen-bond donors (Lipinski definition) is 2. The normalized spacial score (nSPS) is 16.7. The summed E-state index contributed by atoms with van der Waals surface area (Å²) in [4.78, 5) is 27.0. The van der Waals surface area contributed by atoms with Crippen molar-refractivity contribution in [1.29, 1.82) is 0 Å². The molecule has 0 bridgehead atoms. The van der Waals surface area contributed by atoms with E-state index in [1.54, 1.807) is 6.07 Å². The predicted molar refractivity (Wildman–Crippen MR) is 81.8 cm³/mol. The number of aliphatic carboxylic acids is 1. The van der Waals surface area contributed by atoms with Crippen LogP contribution in [-0.4, -0.2) is 20.6 Å². The Labute approximate surface area is 131 Å². The highest BCUT2D eigenvalue weighted by Gasteiger charge is 2.22. The van der Waals surface area contributed by atoms with Gasteiger partial charge in [0, 0.05) is 12.4 Å². The third kappa shape index (κ3) is 3.23. The molecule has 6 nitrogen and oxygen atoms in total. The molecule has 1 aliphatic rings. The maximum atomic E-state index is 13.5. The Balaban J connectivity index is 1.91. The van der Waals surface area contributed by atoms with Crippen molar-refractivity contribution < 1.29 is 14.3 Å². The Morgan fingerprint density at radius 2 is 2.30 bits per heavy atom. The lowest BCUT2D eigenvalue weighted by Gasteiger charge is -2.26. The van der Waals surface area contributed by atoms with E-state index >= 15 is 0 Å². The zero-order chi connectivity index (χ0) is 16.4. The Kier molecular flexibility index (Phi) is 4.10. The van der Waals surface area contributed by atoms with E-state index in [1.807, 2.05) is 0 Å². The highest BCUT2D eigenvalue weighted by atomic mass is 19.1. The molecule has 1 aromatic heterocycles. The second kappa shape index (κ2) is 6.20. The number of aromatic nitrogens is 2. The van der Waals surface area contributed by atoms with Crippen molar-refractivity contribution in [3.8, 4) is 0 Å². The first kappa shape index (κ1) is 15.2. The Hall–Kier alpha value is -2.70. The lowest BCUT2D eigenvalue weighted by Crippen LogP contribution is -2.29. The monoisotopic (exact) mass is 317 g/mol. The van der Waals surface area contributed by atoms with Gasteiger partial charge in [-0.25, -0.2) is 9.37 Å². The number of carboxylic acids is 1. The van der Waals surface area contributed by atoms with Gasteiger partial charge in [0.15, 0.2) is 5.82 Å². The number of anilines is 1. The molecule has 7 heteroatoms. The zero-order valence-corrected chi connectivity index (χ0v) is 12.3. The second-order valence-corrected chi connectivity index (χ2v) is 5.53. The molecule has 0 aliphatic heterocycles. The number of halogens is 1. The van der Waals surface area contributed by atoms with Crippen LogP contribution >= 0.6 is 0 Å². The van der Waals surface area contributed by atoms with E-state index in [2.05, 4.69) is 10.3 Å². The van der Waals surface area contributed by atoms with Gasteiger partial charge in [-0.3, -0.25) is 14.2 Å². The molecule has 2 aromatic rings. The molecular weight excluding hydrogens is 301 g/mol. The smallest absolute Gasteiger partial charge is 0.323 e. The Morgan fingerprint density at radius 3 is 3.09 bits per heavy atom. The van der Waals surface area contributed by atoms with Crippen LogP contribution in [0.1, 0.15) is 30.0 Å². The van der Waals surface area contributed by atoms with Crippen molar-refractivity contribution in [2.75, 3.05) is 5.32 Å². The van der Waals surface area contributed by atoms with Gasteiger partial charge in [0.25, 0.3) is 5.56 Å². The number of hydrogen-bond acceptors (Lipinski definition) is 4. The molecule has 0 unspecified atom stereocenters. The van der Waals surface area contributed by atoms with Crippen LogP contribution in [0.5, 0.6) is 0 Å². The highest BCUT2D eigenvalue weighted by Crippen LogP contribution is 2.32. The van der Waals surface area contributed by atoms with Crippen LogP contribution in [0.2, 0.25) is 0 Å². The van der Waals surface area contributed by atoms with Crippen molar-refractivity contribution >= 4 is 11.8 Å². The van der Waals surface area contributed by atoms with Crippen molar-refractivity contribution in [2.24, 2.45) is 0 Å². The summed E-state index contributed by atoms with van der Waals surface area (Å²) in [5.41, 5.74) is 1.38. The lowest BCUT2D eigenvalue weighted by molar-refractivity contribution is -0.137. The lowest BCUT2D eigenvalue weighted by atomic mass is 9.87. The summed E-state index contributed by atoms with van der Waals surface area (Å²) < 4.78 is 14.6. The van der Waals surface area contributed by atoms with Gasteiger partial charge in [-0.1, -0.05) is 6.07 Å². The van der Waals surface area contributed by atoms with Crippen molar-refractivity contribution in [2.45, 2.75) is 31.8 Å². The van der Waals surface area contributed by atoms with Crippen LogP contribution in [-0.2, 0) is 17.8 Å². The SMILES string of the molecule is O=C(O)Cn1ccnc(N[C@H]2CCCc3ccc(F)cc32)c1=O. The standard InChI is InChI=1S/C16H16FN3O3/c17-11-5-4-10-2-1-3-13(12(10)8-11)19-15-16(23)20(7-6-18-15)9-14(21)22/h4-8,13H,1-3,9H2,(H,18,19)(H,21,22)/t13-/m0/s1. The average Bonchev–Trinajstić information content (AvgIpc) is 2.51. The molecule has 0 saturated heterocycles. The first-order valence-corrected chi connectivity index (χ1v) is 7.36. The summed E-state index contributed by atoms with van der Waals surface area (Å²) in [6.07, 6.45) is 5.26. The number of carbonyl (C=O) groups is 1. The van der Waals surface area contributed by atoms with Gasteiger partial charge in [0.1, 0.15) is 12.4 Å². The van der Waals surface area contributed by atoms with E-state index in [-0.39, 0.29) is 17.7 Å². The number of nitrogens with one attached hydrogen (secondary N) is 1. The summed E-state index contributed by atoms with van der Waals surface area (Å²) in [5.74, 6) is -1.34. The van der Waals surface area contributed by atoms with Gasteiger partial charge in [-0.15, -0.1) is 0 Å². The maximum absolute atomic E-state index is 13.5. The molecule has 0 fully saturated rings. The van der Waals surface area contributed by atoms with E-state index in [1.165, 1.54) is 24.5 Å². The molecule has 1 atom stereocenters. The van der Waals surface area contributed by atoms with Gasteiger partial charge >= 0.3 is 5.97 Å². The van der Waals surface area contributed by atoms with E-state index in [4.69, 9.17) is 5.11 Å². The van der Waals surface area contributed by atoms with Gasteiger partial charge in [0.2, 0.25) is 0 Å². The molecule has 120 valence electrons. The fraction of sp³-hybridized carbons (Fsp3) is 0.312. The second-order valence-electron chi connectivity index (χ2n) is 5.53. The van der Waals surface area contributed by atoms with Crippen LogP contribution < -0.4 is 10.9 Å². The van der Waals surface area contributed by atoms with E-state index in [0.717, 1.165) is 35.0 Å². The van der Waals surface area contributed by atoms with Crippen LogP contribution in [0.3, 0.4) is 0 Å². The van der Waals surface area contributed by atoms with Crippen molar-refractivity contribution in [3.63, 3.8) is 0 Å². The van der Waals surface area contributed by atoms with Gasteiger partial charge in [-0.2, -0.15) is 0 Å². The maximum Gasteiger partial charge on any atom is 0.323 e. The minimum Gasteiger partial charge on any atom is -0.480 e. The minimum atomic E-state index is -1.10. The molecule has 0 amide bonds. The van der Waals surface area contributed by atoms with Crippen LogP contribution in [0.15, 0.2) is 35.4 Å². The number of aryl methyl sites for hydroxylation is 1. The molecule has 2 N–H and O–H groups in total. The fourth-order valence-corrected chi connectivity index (χ4v) is 2.90. The molecule has 0 saturated carbocycles. The number of carboxylic acid groups (broad SMARTS) is 1. The van der Waals surface area contributed by atoms with Gasteiger partial charge in [0.05, 0.1) is 6.04 Å². The summed E-state index contributed by atoms with van der Waals surface area (Å²) >= 11 is 0. The van der Waals surface area contributed by atoms with Crippen molar-refractivity contribution in [3.05, 3.63) is 57.9 Å². The van der Waals surface area contributed by atoms with Crippen LogP contribution in [0.4, 0.5) is 10.2 Å². The summed E-state index contributed by atoms with van der Waals surface area (Å²) in [6.45, 7) is -0.425. The van der Waals surface area contributed by atoms with Crippen LogP contribution in [0.25, 0.3) is 0 Å². The molecule has 0 radical (unpaired) electrons. The Bertz CT molecular complexity index is 803. The number of benzene rings is 1. The molecule has 3 rings (SSSR count). The molecule has 1 aromatic carbocycles. The first-order chi connectivity index (χ1) is 11.0. The fourth-order valence-electron chi connectivity index (χ4n) is 2.90. The summed E-state index contributed by atoms with van der Waals surface area (Å²) in [5, 5.41) is 11.9. The third-order valence-corrected chi connectivity index (χ3v) is 3.95. The number of nitrogens with zero attached hydrogens (tertiary/aromatic N) is 2. The highest BCUT2D eigenvalue weighted by molar-refractivity contribution is 5.66. The largest absolute Gasteiger partial charge is 0.480 e.